The molecular formula is C15H14N2O4. The second kappa shape index (κ2) is 4.98. The molecule has 108 valence electrons. The van der Waals surface area contributed by atoms with Crippen molar-refractivity contribution >= 4 is 11.0 Å². The molecule has 0 saturated carbocycles. The van der Waals surface area contributed by atoms with Crippen molar-refractivity contribution in [1.29, 1.82) is 0 Å². The van der Waals surface area contributed by atoms with Gasteiger partial charge in [-0.05, 0) is 18.6 Å². The molecule has 1 N–H and O–H groups in total. The van der Waals surface area contributed by atoms with Gasteiger partial charge >= 0.3 is 0 Å². The second-order valence-corrected chi connectivity index (χ2v) is 5.14. The first-order valence-electron chi connectivity index (χ1n) is 6.89. The minimum atomic E-state index is -0.511. The third kappa shape index (κ3) is 2.22. The molecule has 21 heavy (non-hydrogen) atoms. The number of aliphatic hydroxyl groups excluding tert-OH is 1. The van der Waals surface area contributed by atoms with Gasteiger partial charge in [0.25, 0.3) is 0 Å². The van der Waals surface area contributed by atoms with Crippen LogP contribution < -0.4 is 0 Å². The van der Waals surface area contributed by atoms with E-state index in [2.05, 4.69) is 10.1 Å². The molecule has 3 heterocycles. The standard InChI is InChI=1S/C15H14N2O4/c18-11-5-6-19-8-10(11)15-16-14(17-21-15)13-7-9-3-1-2-4-12(9)20-13/h1-4,7,10-11,18H,5-6,8H2. The molecule has 1 aliphatic rings. The van der Waals surface area contributed by atoms with Gasteiger partial charge in [-0.25, -0.2) is 0 Å². The number of nitrogens with zero attached hydrogens (tertiary/aromatic N) is 2. The molecule has 0 aliphatic carbocycles. The Morgan fingerprint density at radius 1 is 1.24 bits per heavy atom. The van der Waals surface area contributed by atoms with Crippen LogP contribution in [0.3, 0.4) is 0 Å². The summed E-state index contributed by atoms with van der Waals surface area (Å²) in [4.78, 5) is 4.34. The van der Waals surface area contributed by atoms with Crippen LogP contribution in [-0.4, -0.2) is 34.6 Å². The Morgan fingerprint density at radius 3 is 3.00 bits per heavy atom. The topological polar surface area (TPSA) is 81.5 Å². The number of benzene rings is 1. The minimum absolute atomic E-state index is 0.274. The maximum Gasteiger partial charge on any atom is 0.238 e. The van der Waals surface area contributed by atoms with E-state index in [9.17, 15) is 5.11 Å². The fraction of sp³-hybridized carbons (Fsp3) is 0.333. The summed E-state index contributed by atoms with van der Waals surface area (Å²) in [5, 5.41) is 14.9. The number of para-hydroxylation sites is 1. The highest BCUT2D eigenvalue weighted by atomic mass is 16.5. The lowest BCUT2D eigenvalue weighted by molar-refractivity contribution is -0.0149. The van der Waals surface area contributed by atoms with E-state index in [4.69, 9.17) is 13.7 Å². The zero-order chi connectivity index (χ0) is 14.2. The molecule has 2 unspecified atom stereocenters. The van der Waals surface area contributed by atoms with Gasteiger partial charge in [0.05, 0.1) is 18.6 Å². The van der Waals surface area contributed by atoms with Gasteiger partial charge in [-0.2, -0.15) is 4.98 Å². The molecular weight excluding hydrogens is 272 g/mol. The van der Waals surface area contributed by atoms with Crippen LogP contribution in [0, 0.1) is 0 Å². The van der Waals surface area contributed by atoms with E-state index in [1.54, 1.807) is 0 Å². The highest BCUT2D eigenvalue weighted by molar-refractivity contribution is 5.81. The number of furan rings is 1. The summed E-state index contributed by atoms with van der Waals surface area (Å²) in [7, 11) is 0. The molecule has 1 fully saturated rings. The normalized spacial score (nSPS) is 22.7. The molecule has 2 atom stereocenters. The van der Waals surface area contributed by atoms with E-state index in [-0.39, 0.29) is 5.92 Å². The zero-order valence-electron chi connectivity index (χ0n) is 11.2. The summed E-state index contributed by atoms with van der Waals surface area (Å²) in [6, 6.07) is 9.57. The third-order valence-electron chi connectivity index (χ3n) is 3.72. The summed E-state index contributed by atoms with van der Waals surface area (Å²) in [5.74, 6) is 1.05. The van der Waals surface area contributed by atoms with Crippen LogP contribution in [0.25, 0.3) is 22.6 Å². The average Bonchev–Trinajstić information content (AvgIpc) is 3.14. The lowest BCUT2D eigenvalue weighted by Crippen LogP contribution is -2.30. The number of aromatic nitrogens is 2. The highest BCUT2D eigenvalue weighted by Gasteiger charge is 2.30. The van der Waals surface area contributed by atoms with Gasteiger partial charge in [-0.1, -0.05) is 23.4 Å². The summed E-state index contributed by atoms with van der Waals surface area (Å²) in [5.41, 5.74) is 0.778. The van der Waals surface area contributed by atoms with Crippen molar-refractivity contribution in [2.75, 3.05) is 13.2 Å². The lowest BCUT2D eigenvalue weighted by Gasteiger charge is -2.24. The van der Waals surface area contributed by atoms with Crippen molar-refractivity contribution in [3.63, 3.8) is 0 Å². The second-order valence-electron chi connectivity index (χ2n) is 5.14. The van der Waals surface area contributed by atoms with Crippen LogP contribution >= 0.6 is 0 Å². The van der Waals surface area contributed by atoms with Crippen molar-refractivity contribution in [3.05, 3.63) is 36.2 Å². The molecule has 0 amide bonds. The number of rotatable bonds is 2. The Labute approximate surface area is 120 Å². The molecule has 4 rings (SSSR count). The van der Waals surface area contributed by atoms with Crippen molar-refractivity contribution in [3.8, 4) is 11.6 Å². The van der Waals surface area contributed by atoms with Gasteiger partial charge in [-0.15, -0.1) is 0 Å². The Morgan fingerprint density at radius 2 is 2.14 bits per heavy atom. The first-order chi connectivity index (χ1) is 10.3. The van der Waals surface area contributed by atoms with Crippen LogP contribution in [0.15, 0.2) is 39.3 Å². The van der Waals surface area contributed by atoms with E-state index in [0.717, 1.165) is 11.0 Å². The Bertz CT molecular complexity index is 731. The van der Waals surface area contributed by atoms with Crippen LogP contribution in [0.5, 0.6) is 0 Å². The molecule has 3 aromatic rings. The first-order valence-corrected chi connectivity index (χ1v) is 6.89. The van der Waals surface area contributed by atoms with Crippen molar-refractivity contribution in [2.24, 2.45) is 0 Å². The van der Waals surface area contributed by atoms with E-state index in [1.165, 1.54) is 0 Å². The van der Waals surface area contributed by atoms with Gasteiger partial charge in [0.2, 0.25) is 11.7 Å². The van der Waals surface area contributed by atoms with E-state index < -0.39 is 6.10 Å². The maximum absolute atomic E-state index is 9.99. The lowest BCUT2D eigenvalue weighted by atomic mass is 9.99. The fourth-order valence-electron chi connectivity index (χ4n) is 2.54. The van der Waals surface area contributed by atoms with Gasteiger partial charge in [-0.3, -0.25) is 0 Å². The zero-order valence-corrected chi connectivity index (χ0v) is 11.2. The Hall–Kier alpha value is -2.18. The maximum atomic E-state index is 9.99. The predicted octanol–water partition coefficient (Wildman–Crippen LogP) is 2.35. The molecule has 2 aromatic heterocycles. The number of ether oxygens (including phenoxy) is 1. The molecule has 0 bridgehead atoms. The van der Waals surface area contributed by atoms with Gasteiger partial charge < -0.3 is 18.8 Å². The van der Waals surface area contributed by atoms with Gasteiger partial charge in [0.1, 0.15) is 5.58 Å². The Balaban J connectivity index is 1.67. The summed E-state index contributed by atoms with van der Waals surface area (Å²) >= 11 is 0. The first kappa shape index (κ1) is 12.6. The largest absolute Gasteiger partial charge is 0.453 e. The summed E-state index contributed by atoms with van der Waals surface area (Å²) in [6.45, 7) is 0.950. The van der Waals surface area contributed by atoms with Crippen LogP contribution in [0.1, 0.15) is 18.2 Å². The molecule has 1 aliphatic heterocycles. The van der Waals surface area contributed by atoms with Crippen LogP contribution in [-0.2, 0) is 4.74 Å². The van der Waals surface area contributed by atoms with Crippen molar-refractivity contribution in [1.82, 2.24) is 10.1 Å². The van der Waals surface area contributed by atoms with E-state index in [1.807, 2.05) is 30.3 Å². The van der Waals surface area contributed by atoms with Crippen LogP contribution in [0.2, 0.25) is 0 Å². The number of aliphatic hydroxyl groups is 1. The third-order valence-corrected chi connectivity index (χ3v) is 3.72. The highest BCUT2D eigenvalue weighted by Crippen LogP contribution is 2.29. The Kier molecular flexibility index (Phi) is 2.98. The summed E-state index contributed by atoms with van der Waals surface area (Å²) in [6.07, 6.45) is 0.0650. The minimum Gasteiger partial charge on any atom is -0.453 e. The monoisotopic (exact) mass is 286 g/mol. The number of fused-ring (bicyclic) bond motifs is 1. The van der Waals surface area contributed by atoms with E-state index in [0.29, 0.717) is 37.1 Å². The molecule has 0 spiro atoms. The molecule has 1 saturated heterocycles. The molecule has 1 aromatic carbocycles. The van der Waals surface area contributed by atoms with Crippen molar-refractivity contribution < 1.29 is 18.8 Å². The van der Waals surface area contributed by atoms with Gasteiger partial charge in [0, 0.05) is 12.0 Å². The predicted molar refractivity (Wildman–Crippen MR) is 73.7 cm³/mol. The SMILES string of the molecule is OC1CCOCC1c1nc(-c2cc3ccccc3o2)no1. The molecule has 0 radical (unpaired) electrons. The number of hydrogen-bond acceptors (Lipinski definition) is 6. The molecule has 6 nitrogen and oxygen atoms in total. The van der Waals surface area contributed by atoms with Crippen LogP contribution in [0.4, 0.5) is 0 Å². The van der Waals surface area contributed by atoms with E-state index >= 15 is 0 Å². The number of hydrogen-bond donors (Lipinski definition) is 1. The van der Waals surface area contributed by atoms with Crippen molar-refractivity contribution in [2.45, 2.75) is 18.4 Å². The summed E-state index contributed by atoms with van der Waals surface area (Å²) < 4.78 is 16.3. The fourth-order valence-corrected chi connectivity index (χ4v) is 2.54. The quantitative estimate of drug-likeness (QED) is 0.778. The van der Waals surface area contributed by atoms with Gasteiger partial charge in [0.15, 0.2) is 5.76 Å². The average molecular weight is 286 g/mol. The smallest absolute Gasteiger partial charge is 0.238 e. The molecule has 6 heteroatoms.